The van der Waals surface area contributed by atoms with Crippen LogP contribution < -0.4 is 11.1 Å². The topological polar surface area (TPSA) is 72.9 Å². The maximum absolute atomic E-state index is 10.8. The van der Waals surface area contributed by atoms with Crippen LogP contribution in [0.1, 0.15) is 24.1 Å². The zero-order valence-electron chi connectivity index (χ0n) is 11.1. The van der Waals surface area contributed by atoms with Crippen LogP contribution in [0.2, 0.25) is 0 Å². The Hall–Kier alpha value is -2.30. The standard InChI is InChI=1S/C14H18N4O/c1-10(12-8-16-18(2)9-12)17-13-5-3-11(4-6-13)7-14(15)19/h3-6,8-10,17H,7H2,1-2H3,(H2,15,19). The molecule has 3 N–H and O–H groups in total. The number of hydrogen-bond acceptors (Lipinski definition) is 3. The van der Waals surface area contributed by atoms with Crippen LogP contribution in [0.5, 0.6) is 0 Å². The normalized spacial score (nSPS) is 12.1. The van der Waals surface area contributed by atoms with Crippen molar-refractivity contribution in [2.75, 3.05) is 5.32 Å². The number of hydrogen-bond donors (Lipinski definition) is 2. The van der Waals surface area contributed by atoms with Crippen molar-refractivity contribution in [1.29, 1.82) is 0 Å². The van der Waals surface area contributed by atoms with Crippen molar-refractivity contribution in [2.45, 2.75) is 19.4 Å². The highest BCUT2D eigenvalue weighted by Gasteiger charge is 2.07. The predicted octanol–water partition coefficient (Wildman–Crippen LogP) is 1.62. The third-order valence-corrected chi connectivity index (χ3v) is 2.94. The molecule has 0 aliphatic heterocycles. The first-order chi connectivity index (χ1) is 9.04. The molecule has 19 heavy (non-hydrogen) atoms. The van der Waals surface area contributed by atoms with E-state index in [2.05, 4.69) is 17.3 Å². The molecule has 2 aromatic rings. The molecular formula is C14H18N4O. The Morgan fingerprint density at radius 3 is 2.63 bits per heavy atom. The minimum atomic E-state index is -0.315. The van der Waals surface area contributed by atoms with Gasteiger partial charge in [-0.15, -0.1) is 0 Å². The van der Waals surface area contributed by atoms with Gasteiger partial charge in [0.05, 0.1) is 18.7 Å². The highest BCUT2D eigenvalue weighted by Crippen LogP contribution is 2.19. The number of primary amides is 1. The first-order valence-electron chi connectivity index (χ1n) is 6.17. The molecule has 1 atom stereocenters. The summed E-state index contributed by atoms with van der Waals surface area (Å²) in [6.07, 6.45) is 4.11. The van der Waals surface area contributed by atoms with Crippen LogP contribution in [0, 0.1) is 0 Å². The summed E-state index contributed by atoms with van der Waals surface area (Å²) in [6, 6.07) is 7.89. The van der Waals surface area contributed by atoms with Gasteiger partial charge in [-0.2, -0.15) is 5.10 Å². The van der Waals surface area contributed by atoms with E-state index in [0.717, 1.165) is 16.8 Å². The lowest BCUT2D eigenvalue weighted by Crippen LogP contribution is -2.13. The Labute approximate surface area is 112 Å². The second-order valence-corrected chi connectivity index (χ2v) is 4.65. The SMILES string of the molecule is CC(Nc1ccc(CC(N)=O)cc1)c1cnn(C)c1. The number of aromatic nitrogens is 2. The summed E-state index contributed by atoms with van der Waals surface area (Å²) >= 11 is 0. The van der Waals surface area contributed by atoms with Gasteiger partial charge in [0.15, 0.2) is 0 Å². The molecule has 0 fully saturated rings. The van der Waals surface area contributed by atoms with Crippen molar-refractivity contribution in [3.05, 3.63) is 47.8 Å². The summed E-state index contributed by atoms with van der Waals surface area (Å²) in [5.41, 5.74) is 8.21. The lowest BCUT2D eigenvalue weighted by atomic mass is 10.1. The molecule has 5 heteroatoms. The van der Waals surface area contributed by atoms with Crippen LogP contribution >= 0.6 is 0 Å². The summed E-state index contributed by atoms with van der Waals surface area (Å²) < 4.78 is 1.78. The smallest absolute Gasteiger partial charge is 0.221 e. The maximum Gasteiger partial charge on any atom is 0.221 e. The molecule has 2 rings (SSSR count). The van der Waals surface area contributed by atoms with Crippen molar-refractivity contribution >= 4 is 11.6 Å². The first-order valence-corrected chi connectivity index (χ1v) is 6.17. The molecule has 0 spiro atoms. The molecule has 0 aliphatic carbocycles. The third kappa shape index (κ3) is 3.58. The van der Waals surface area contributed by atoms with Crippen LogP contribution in [0.25, 0.3) is 0 Å². The van der Waals surface area contributed by atoms with Gasteiger partial charge in [0.1, 0.15) is 0 Å². The molecule has 1 aromatic heterocycles. The molecule has 0 saturated carbocycles. The van der Waals surface area contributed by atoms with Crippen LogP contribution in [0.15, 0.2) is 36.7 Å². The molecule has 0 bridgehead atoms. The average molecular weight is 258 g/mol. The quantitative estimate of drug-likeness (QED) is 0.856. The number of nitrogens with zero attached hydrogens (tertiary/aromatic N) is 2. The van der Waals surface area contributed by atoms with E-state index < -0.39 is 0 Å². The Morgan fingerprint density at radius 2 is 2.11 bits per heavy atom. The van der Waals surface area contributed by atoms with Gasteiger partial charge in [0, 0.05) is 24.5 Å². The number of carbonyl (C=O) groups excluding carboxylic acids is 1. The molecule has 0 aliphatic rings. The summed E-state index contributed by atoms with van der Waals surface area (Å²) in [5.74, 6) is -0.315. The van der Waals surface area contributed by atoms with Gasteiger partial charge >= 0.3 is 0 Å². The van der Waals surface area contributed by atoms with E-state index in [-0.39, 0.29) is 18.4 Å². The summed E-state index contributed by atoms with van der Waals surface area (Å²) in [6.45, 7) is 2.08. The van der Waals surface area contributed by atoms with Gasteiger partial charge in [0.25, 0.3) is 0 Å². The van der Waals surface area contributed by atoms with Crippen LogP contribution in [0.3, 0.4) is 0 Å². The van der Waals surface area contributed by atoms with Gasteiger partial charge in [-0.05, 0) is 24.6 Å². The molecule has 1 unspecified atom stereocenters. The number of amides is 1. The lowest BCUT2D eigenvalue weighted by Gasteiger charge is -2.13. The fourth-order valence-electron chi connectivity index (χ4n) is 1.92. The monoisotopic (exact) mass is 258 g/mol. The van der Waals surface area contributed by atoms with E-state index in [1.165, 1.54) is 0 Å². The fourth-order valence-corrected chi connectivity index (χ4v) is 1.92. The Morgan fingerprint density at radius 1 is 1.42 bits per heavy atom. The van der Waals surface area contributed by atoms with E-state index in [1.54, 1.807) is 4.68 Å². The zero-order valence-corrected chi connectivity index (χ0v) is 11.1. The minimum Gasteiger partial charge on any atom is -0.378 e. The molecule has 0 radical (unpaired) electrons. The maximum atomic E-state index is 10.8. The molecule has 1 amide bonds. The number of rotatable bonds is 5. The van der Waals surface area contributed by atoms with Crippen molar-refractivity contribution < 1.29 is 4.79 Å². The van der Waals surface area contributed by atoms with Crippen LogP contribution in [-0.2, 0) is 18.3 Å². The Bertz CT molecular complexity index is 559. The van der Waals surface area contributed by atoms with E-state index in [4.69, 9.17) is 5.73 Å². The van der Waals surface area contributed by atoms with Crippen molar-refractivity contribution in [3.63, 3.8) is 0 Å². The molecule has 1 heterocycles. The van der Waals surface area contributed by atoms with Gasteiger partial charge in [0.2, 0.25) is 5.91 Å². The molecular weight excluding hydrogens is 240 g/mol. The molecule has 0 saturated heterocycles. The van der Waals surface area contributed by atoms with Gasteiger partial charge in [-0.1, -0.05) is 12.1 Å². The Balaban J connectivity index is 2.01. The third-order valence-electron chi connectivity index (χ3n) is 2.94. The number of anilines is 1. The van der Waals surface area contributed by atoms with E-state index in [1.807, 2.05) is 43.7 Å². The summed E-state index contributed by atoms with van der Waals surface area (Å²) in [7, 11) is 1.90. The highest BCUT2D eigenvalue weighted by molar-refractivity contribution is 5.76. The second-order valence-electron chi connectivity index (χ2n) is 4.65. The Kier molecular flexibility index (Phi) is 3.85. The largest absolute Gasteiger partial charge is 0.378 e. The van der Waals surface area contributed by atoms with Crippen molar-refractivity contribution in [1.82, 2.24) is 9.78 Å². The van der Waals surface area contributed by atoms with Gasteiger partial charge in [-0.25, -0.2) is 0 Å². The average Bonchev–Trinajstić information content (AvgIpc) is 2.78. The van der Waals surface area contributed by atoms with Crippen molar-refractivity contribution in [2.24, 2.45) is 12.8 Å². The zero-order chi connectivity index (χ0) is 13.8. The molecule has 100 valence electrons. The van der Waals surface area contributed by atoms with E-state index >= 15 is 0 Å². The van der Waals surface area contributed by atoms with Crippen molar-refractivity contribution in [3.8, 4) is 0 Å². The van der Waals surface area contributed by atoms with Crippen LogP contribution in [0.4, 0.5) is 5.69 Å². The summed E-state index contributed by atoms with van der Waals surface area (Å²) in [5, 5.41) is 7.53. The van der Waals surface area contributed by atoms with Gasteiger partial charge < -0.3 is 11.1 Å². The summed E-state index contributed by atoms with van der Waals surface area (Å²) in [4.78, 5) is 10.8. The number of nitrogens with one attached hydrogen (secondary N) is 1. The minimum absolute atomic E-state index is 0.177. The molecule has 1 aromatic carbocycles. The van der Waals surface area contributed by atoms with Gasteiger partial charge in [-0.3, -0.25) is 9.48 Å². The number of nitrogens with two attached hydrogens (primary N) is 1. The fraction of sp³-hybridized carbons (Fsp3) is 0.286. The highest BCUT2D eigenvalue weighted by atomic mass is 16.1. The number of aryl methyl sites for hydroxylation is 1. The lowest BCUT2D eigenvalue weighted by molar-refractivity contribution is -0.117. The molecule has 5 nitrogen and oxygen atoms in total. The number of benzene rings is 1. The number of carbonyl (C=O) groups is 1. The first kappa shape index (κ1) is 13.1. The second kappa shape index (κ2) is 5.56. The van der Waals surface area contributed by atoms with Crippen LogP contribution in [-0.4, -0.2) is 15.7 Å². The predicted molar refractivity (Wildman–Crippen MR) is 74.6 cm³/mol. The van der Waals surface area contributed by atoms with E-state index in [0.29, 0.717) is 0 Å². The van der Waals surface area contributed by atoms with E-state index in [9.17, 15) is 4.79 Å².